The minimum atomic E-state index is -1.43. The maximum atomic E-state index is 12.7. The fraction of sp³-hybridized carbons (Fsp3) is 0.571. The molecule has 0 aromatic carbocycles. The number of rotatable bonds is 12. The summed E-state index contributed by atoms with van der Waals surface area (Å²) in [4.78, 5) is 49.8. The third-order valence-electron chi connectivity index (χ3n) is 6.51. The summed E-state index contributed by atoms with van der Waals surface area (Å²) in [6, 6.07) is 0. The Kier molecular flexibility index (Phi) is 10.8. The molecule has 2 heterocycles. The van der Waals surface area contributed by atoms with E-state index in [9.17, 15) is 29.4 Å². The highest BCUT2D eigenvalue weighted by molar-refractivity contribution is 5.98. The average Bonchev–Trinajstić information content (AvgIpc) is 3.28. The zero-order valence-electron chi connectivity index (χ0n) is 21.9. The molecule has 0 amide bonds. The van der Waals surface area contributed by atoms with E-state index in [0.29, 0.717) is 12.8 Å². The van der Waals surface area contributed by atoms with Gasteiger partial charge in [-0.2, -0.15) is 0 Å². The van der Waals surface area contributed by atoms with Gasteiger partial charge in [0.25, 0.3) is 0 Å². The second-order valence-electron chi connectivity index (χ2n) is 9.46. The van der Waals surface area contributed by atoms with Crippen LogP contribution in [0.15, 0.2) is 46.6 Å². The zero-order chi connectivity index (χ0) is 27.7. The summed E-state index contributed by atoms with van der Waals surface area (Å²) in [5.74, 6) is -2.96. The highest BCUT2D eigenvalue weighted by Crippen LogP contribution is 2.30. The molecule has 0 aromatic rings. The first-order chi connectivity index (χ1) is 18.2. The number of cyclic esters (lactones) is 2. The molecule has 0 saturated heterocycles. The van der Waals surface area contributed by atoms with Crippen LogP contribution in [0, 0.1) is 0 Å². The first-order valence-electron chi connectivity index (χ1n) is 13.2. The molecule has 3 rings (SSSR count). The molecule has 10 heteroatoms. The fourth-order valence-electron chi connectivity index (χ4n) is 4.52. The molecule has 2 aliphatic heterocycles. The lowest BCUT2D eigenvalue weighted by Gasteiger charge is -2.30. The van der Waals surface area contributed by atoms with E-state index in [-0.39, 0.29) is 35.1 Å². The third kappa shape index (κ3) is 7.64. The van der Waals surface area contributed by atoms with Crippen molar-refractivity contribution in [1.29, 1.82) is 0 Å². The molecule has 0 aromatic heterocycles. The topological polar surface area (TPSA) is 146 Å². The van der Waals surface area contributed by atoms with Gasteiger partial charge in [0.15, 0.2) is 0 Å². The number of aliphatic hydroxyl groups excluding tert-OH is 2. The van der Waals surface area contributed by atoms with Crippen molar-refractivity contribution >= 4 is 23.9 Å². The molecule has 1 saturated carbocycles. The molecule has 10 nitrogen and oxygen atoms in total. The second kappa shape index (κ2) is 14.1. The number of hydrogen-bond donors (Lipinski definition) is 2. The molecule has 0 bridgehead atoms. The van der Waals surface area contributed by atoms with Gasteiger partial charge < -0.3 is 29.2 Å². The van der Waals surface area contributed by atoms with Crippen molar-refractivity contribution in [2.24, 2.45) is 0 Å². The molecule has 4 atom stereocenters. The molecule has 3 aliphatic rings. The van der Waals surface area contributed by atoms with E-state index in [1.165, 1.54) is 0 Å². The molecular formula is C28H36O10. The highest BCUT2D eigenvalue weighted by Gasteiger charge is 2.37. The monoisotopic (exact) mass is 532 g/mol. The first-order valence-corrected chi connectivity index (χ1v) is 13.2. The number of carbonyl (C=O) groups excluding carboxylic acids is 4. The number of hydrogen-bond acceptors (Lipinski definition) is 10. The Balaban J connectivity index is 1.64. The number of aliphatic hydroxyl groups is 2. The van der Waals surface area contributed by atoms with E-state index in [0.717, 1.165) is 38.5 Å². The van der Waals surface area contributed by atoms with Crippen LogP contribution in [0.1, 0.15) is 78.1 Å². The summed E-state index contributed by atoms with van der Waals surface area (Å²) in [6.45, 7) is 3.97. The Morgan fingerprint density at radius 3 is 1.55 bits per heavy atom. The fourth-order valence-corrected chi connectivity index (χ4v) is 4.52. The van der Waals surface area contributed by atoms with Crippen molar-refractivity contribution in [3.8, 4) is 0 Å². The van der Waals surface area contributed by atoms with Crippen LogP contribution < -0.4 is 0 Å². The minimum absolute atomic E-state index is 0.0353. The van der Waals surface area contributed by atoms with Crippen LogP contribution in [0.3, 0.4) is 0 Å². The van der Waals surface area contributed by atoms with E-state index in [2.05, 4.69) is 0 Å². The van der Waals surface area contributed by atoms with Crippen molar-refractivity contribution in [3.05, 3.63) is 46.6 Å². The first kappa shape index (κ1) is 29.3. The van der Waals surface area contributed by atoms with Gasteiger partial charge >= 0.3 is 23.9 Å². The Morgan fingerprint density at radius 1 is 0.789 bits per heavy atom. The predicted molar refractivity (Wildman–Crippen MR) is 134 cm³/mol. The molecule has 1 aliphatic carbocycles. The summed E-state index contributed by atoms with van der Waals surface area (Å²) in [7, 11) is 0. The van der Waals surface area contributed by atoms with Gasteiger partial charge in [-0.05, 0) is 38.5 Å². The zero-order valence-corrected chi connectivity index (χ0v) is 21.9. The maximum Gasteiger partial charge on any atom is 0.337 e. The number of carbonyl (C=O) groups is 4. The number of esters is 4. The summed E-state index contributed by atoms with van der Waals surface area (Å²) >= 11 is 0. The smallest absolute Gasteiger partial charge is 0.337 e. The van der Waals surface area contributed by atoms with E-state index in [1.54, 1.807) is 24.3 Å². The van der Waals surface area contributed by atoms with Gasteiger partial charge in [-0.25, -0.2) is 9.59 Å². The van der Waals surface area contributed by atoms with E-state index >= 15 is 0 Å². The number of unbranched alkanes of at least 4 members (excludes halogenated alkanes) is 2. The van der Waals surface area contributed by atoms with Crippen LogP contribution in [0.2, 0.25) is 0 Å². The number of ether oxygens (including phenoxy) is 4. The predicted octanol–water partition coefficient (Wildman–Crippen LogP) is 3.22. The van der Waals surface area contributed by atoms with E-state index in [1.807, 2.05) is 13.8 Å². The molecule has 208 valence electrons. The third-order valence-corrected chi connectivity index (χ3v) is 6.51. The van der Waals surface area contributed by atoms with Crippen molar-refractivity contribution in [1.82, 2.24) is 0 Å². The standard InChI is InChI=1S/C28H36O10/c1-3-5-7-11-17-19(27(33)37-25(17)31)15-23(29)35-21-13-9-10-14-22(21)36-24(30)16-20-18(12-8-6-4-2)26(32)38-28(20)34/h7-8,11-12,21-22,25-26,31-32H,3-6,9-10,13-16H2,1-2H3/b11-7+,12-8+/t21-,22-,25?,26?/m1/s1. The lowest BCUT2D eigenvalue weighted by Crippen LogP contribution is -2.38. The quantitative estimate of drug-likeness (QED) is 0.284. The summed E-state index contributed by atoms with van der Waals surface area (Å²) < 4.78 is 20.9. The van der Waals surface area contributed by atoms with Crippen molar-refractivity contribution in [2.45, 2.75) is 103 Å². The van der Waals surface area contributed by atoms with Gasteiger partial charge in [-0.3, -0.25) is 9.59 Å². The van der Waals surface area contributed by atoms with Crippen LogP contribution in [0.5, 0.6) is 0 Å². The van der Waals surface area contributed by atoms with Crippen LogP contribution in [-0.2, 0) is 38.1 Å². The van der Waals surface area contributed by atoms with Gasteiger partial charge in [0.05, 0.1) is 24.0 Å². The highest BCUT2D eigenvalue weighted by atomic mass is 16.6. The molecular weight excluding hydrogens is 496 g/mol. The Morgan fingerprint density at radius 2 is 1.18 bits per heavy atom. The Labute approximate surface area is 222 Å². The summed E-state index contributed by atoms with van der Waals surface area (Å²) in [6.07, 6.45) is 7.36. The van der Waals surface area contributed by atoms with Gasteiger partial charge in [0.2, 0.25) is 12.6 Å². The van der Waals surface area contributed by atoms with Gasteiger partial charge in [0, 0.05) is 11.1 Å². The number of allylic oxidation sites excluding steroid dienone is 2. The Bertz CT molecular complexity index is 952. The van der Waals surface area contributed by atoms with Crippen LogP contribution in [0.4, 0.5) is 0 Å². The minimum Gasteiger partial charge on any atom is -0.458 e. The average molecular weight is 533 g/mol. The SMILES string of the molecule is CCC/C=C/C1=C(CC(=O)O[C@@H]2CCCC[C@H]2OC(=O)CC2=C(/C=C/CCC)C(O)OC2=O)C(=O)OC1O. The second-order valence-corrected chi connectivity index (χ2v) is 9.46. The molecule has 1 fully saturated rings. The van der Waals surface area contributed by atoms with E-state index < -0.39 is 48.7 Å². The molecule has 2 N–H and O–H groups in total. The normalized spacial score (nSPS) is 25.9. The van der Waals surface area contributed by atoms with Crippen LogP contribution in [-0.4, -0.2) is 58.9 Å². The van der Waals surface area contributed by atoms with Crippen molar-refractivity contribution in [3.63, 3.8) is 0 Å². The lowest BCUT2D eigenvalue weighted by atomic mass is 9.94. The Hall–Kier alpha value is -3.24. The summed E-state index contributed by atoms with van der Waals surface area (Å²) in [5.41, 5.74) is 0.533. The van der Waals surface area contributed by atoms with Gasteiger partial charge in [-0.15, -0.1) is 0 Å². The molecule has 0 radical (unpaired) electrons. The van der Waals surface area contributed by atoms with Crippen LogP contribution >= 0.6 is 0 Å². The van der Waals surface area contributed by atoms with Crippen molar-refractivity contribution < 1.29 is 48.3 Å². The van der Waals surface area contributed by atoms with E-state index in [4.69, 9.17) is 18.9 Å². The lowest BCUT2D eigenvalue weighted by molar-refractivity contribution is -0.171. The summed E-state index contributed by atoms with van der Waals surface area (Å²) in [5, 5.41) is 20.0. The molecule has 2 unspecified atom stereocenters. The van der Waals surface area contributed by atoms with Crippen molar-refractivity contribution in [2.75, 3.05) is 0 Å². The largest absolute Gasteiger partial charge is 0.458 e. The van der Waals surface area contributed by atoms with Gasteiger partial charge in [0.1, 0.15) is 12.2 Å². The molecule has 38 heavy (non-hydrogen) atoms. The molecule has 0 spiro atoms. The van der Waals surface area contributed by atoms with Crippen LogP contribution in [0.25, 0.3) is 0 Å². The van der Waals surface area contributed by atoms with Gasteiger partial charge in [-0.1, -0.05) is 51.0 Å². The maximum absolute atomic E-state index is 12.7.